The first-order valence-electron chi connectivity index (χ1n) is 5.44. The van der Waals surface area contributed by atoms with Gasteiger partial charge in [0, 0.05) is 19.1 Å². The van der Waals surface area contributed by atoms with Crippen molar-refractivity contribution in [2.24, 2.45) is 0 Å². The SMILES string of the molecule is CN(C)[C@@H]1CCN(C(=O)OC(C)(C)C)C1. The fraction of sp³-hybridized carbons (Fsp3) is 0.909. The molecule has 0 bridgehead atoms. The number of hydrogen-bond acceptors (Lipinski definition) is 3. The largest absolute Gasteiger partial charge is 0.444 e. The van der Waals surface area contributed by atoms with Crippen LogP contribution in [0.5, 0.6) is 0 Å². The number of nitrogens with zero attached hydrogens (tertiary/aromatic N) is 2. The predicted octanol–water partition coefficient (Wildman–Crippen LogP) is 1.56. The lowest BCUT2D eigenvalue weighted by atomic mass is 10.2. The zero-order chi connectivity index (χ0) is 11.6. The highest BCUT2D eigenvalue weighted by Crippen LogP contribution is 2.17. The van der Waals surface area contributed by atoms with Crippen LogP contribution in [0.25, 0.3) is 0 Å². The quantitative estimate of drug-likeness (QED) is 0.664. The predicted molar refractivity (Wildman–Crippen MR) is 59.9 cm³/mol. The van der Waals surface area contributed by atoms with Gasteiger partial charge in [0.2, 0.25) is 0 Å². The highest BCUT2D eigenvalue weighted by Gasteiger charge is 2.30. The van der Waals surface area contributed by atoms with Crippen molar-refractivity contribution in [2.45, 2.75) is 38.8 Å². The number of ether oxygens (including phenoxy) is 1. The van der Waals surface area contributed by atoms with Crippen LogP contribution in [-0.4, -0.2) is 54.7 Å². The van der Waals surface area contributed by atoms with E-state index < -0.39 is 5.60 Å². The van der Waals surface area contributed by atoms with E-state index in [0.29, 0.717) is 6.04 Å². The van der Waals surface area contributed by atoms with E-state index in [0.717, 1.165) is 19.5 Å². The molecule has 1 aliphatic rings. The molecule has 1 saturated heterocycles. The Bertz CT molecular complexity index is 233. The fourth-order valence-electron chi connectivity index (χ4n) is 1.66. The Morgan fingerprint density at radius 1 is 1.40 bits per heavy atom. The van der Waals surface area contributed by atoms with Crippen molar-refractivity contribution in [2.75, 3.05) is 27.2 Å². The average Bonchev–Trinajstić information content (AvgIpc) is 2.47. The number of hydrogen-bond donors (Lipinski definition) is 0. The lowest BCUT2D eigenvalue weighted by Gasteiger charge is -2.25. The smallest absolute Gasteiger partial charge is 0.410 e. The highest BCUT2D eigenvalue weighted by atomic mass is 16.6. The summed E-state index contributed by atoms with van der Waals surface area (Å²) in [6.07, 6.45) is 0.846. The highest BCUT2D eigenvalue weighted by molar-refractivity contribution is 5.68. The molecule has 0 radical (unpaired) electrons. The van der Waals surface area contributed by atoms with Crippen molar-refractivity contribution in [3.8, 4) is 0 Å². The third-order valence-electron chi connectivity index (χ3n) is 2.55. The monoisotopic (exact) mass is 214 g/mol. The van der Waals surface area contributed by atoms with E-state index >= 15 is 0 Å². The molecule has 4 heteroatoms. The second-order valence-corrected chi connectivity index (χ2v) is 5.33. The number of carbonyl (C=O) groups is 1. The topological polar surface area (TPSA) is 32.8 Å². The molecule has 0 spiro atoms. The third kappa shape index (κ3) is 3.70. The van der Waals surface area contributed by atoms with Gasteiger partial charge in [-0.1, -0.05) is 0 Å². The van der Waals surface area contributed by atoms with Crippen molar-refractivity contribution in [1.82, 2.24) is 9.80 Å². The molecule has 4 nitrogen and oxygen atoms in total. The lowest BCUT2D eigenvalue weighted by Crippen LogP contribution is -2.37. The van der Waals surface area contributed by atoms with Crippen molar-refractivity contribution < 1.29 is 9.53 Å². The van der Waals surface area contributed by atoms with Crippen molar-refractivity contribution >= 4 is 6.09 Å². The van der Waals surface area contributed by atoms with Gasteiger partial charge in [0.1, 0.15) is 5.60 Å². The van der Waals surface area contributed by atoms with Crippen LogP contribution in [0, 0.1) is 0 Å². The maximum absolute atomic E-state index is 11.7. The zero-order valence-corrected chi connectivity index (χ0v) is 10.4. The molecule has 88 valence electrons. The number of likely N-dealkylation sites (tertiary alicyclic amines) is 1. The molecule has 1 aliphatic heterocycles. The zero-order valence-electron chi connectivity index (χ0n) is 10.4. The minimum absolute atomic E-state index is 0.188. The molecule has 1 heterocycles. The maximum Gasteiger partial charge on any atom is 0.410 e. The summed E-state index contributed by atoms with van der Waals surface area (Å²) in [4.78, 5) is 15.7. The van der Waals surface area contributed by atoms with E-state index in [9.17, 15) is 4.79 Å². The molecule has 0 N–H and O–H groups in total. The van der Waals surface area contributed by atoms with Crippen LogP contribution in [0.1, 0.15) is 27.2 Å². The van der Waals surface area contributed by atoms with Crippen LogP contribution in [0.15, 0.2) is 0 Å². The van der Waals surface area contributed by atoms with Crippen LogP contribution in [0.2, 0.25) is 0 Å². The molecule has 1 fully saturated rings. The van der Waals surface area contributed by atoms with Gasteiger partial charge in [-0.3, -0.25) is 0 Å². The molecule has 0 saturated carbocycles. The van der Waals surface area contributed by atoms with Gasteiger partial charge in [-0.15, -0.1) is 0 Å². The van der Waals surface area contributed by atoms with Gasteiger partial charge in [-0.25, -0.2) is 4.79 Å². The molecule has 0 aromatic heterocycles. The van der Waals surface area contributed by atoms with E-state index in [1.807, 2.05) is 34.9 Å². The molecule has 0 aromatic carbocycles. The first kappa shape index (κ1) is 12.3. The van der Waals surface area contributed by atoms with Gasteiger partial charge in [0.25, 0.3) is 0 Å². The van der Waals surface area contributed by atoms with E-state index in [2.05, 4.69) is 4.90 Å². The average molecular weight is 214 g/mol. The standard InChI is InChI=1S/C11H22N2O2/c1-11(2,3)15-10(14)13-7-6-9(8-13)12(4)5/h9H,6-8H2,1-5H3/t9-/m1/s1. The summed E-state index contributed by atoms with van der Waals surface area (Å²) in [5.74, 6) is 0. The third-order valence-corrected chi connectivity index (χ3v) is 2.55. The molecule has 1 rings (SSSR count). The molecule has 0 unspecified atom stereocenters. The van der Waals surface area contributed by atoms with Crippen molar-refractivity contribution in [3.05, 3.63) is 0 Å². The van der Waals surface area contributed by atoms with Gasteiger partial charge < -0.3 is 14.5 Å². The second-order valence-electron chi connectivity index (χ2n) is 5.33. The Hall–Kier alpha value is -0.770. The molecular weight excluding hydrogens is 192 g/mol. The Balaban J connectivity index is 2.44. The normalized spacial score (nSPS) is 22.3. The van der Waals surface area contributed by atoms with E-state index in [4.69, 9.17) is 4.74 Å². The molecule has 1 amide bonds. The summed E-state index contributed by atoms with van der Waals surface area (Å²) in [6, 6.07) is 0.470. The maximum atomic E-state index is 11.7. The van der Waals surface area contributed by atoms with Crippen molar-refractivity contribution in [1.29, 1.82) is 0 Å². The number of carbonyl (C=O) groups excluding carboxylic acids is 1. The van der Waals surface area contributed by atoms with Gasteiger partial charge in [-0.05, 0) is 41.3 Å². The Morgan fingerprint density at radius 3 is 2.40 bits per heavy atom. The fourth-order valence-corrected chi connectivity index (χ4v) is 1.66. The summed E-state index contributed by atoms with van der Waals surface area (Å²) in [6.45, 7) is 7.26. The molecular formula is C11H22N2O2. The molecule has 0 aliphatic carbocycles. The Kier molecular flexibility index (Phi) is 3.60. The minimum Gasteiger partial charge on any atom is -0.444 e. The number of likely N-dealkylation sites (N-methyl/N-ethyl adjacent to an activating group) is 1. The van der Waals surface area contributed by atoms with E-state index in [-0.39, 0.29) is 6.09 Å². The summed E-state index contributed by atoms with van der Waals surface area (Å²) in [5, 5.41) is 0. The molecule has 15 heavy (non-hydrogen) atoms. The summed E-state index contributed by atoms with van der Waals surface area (Å²) in [7, 11) is 4.09. The van der Waals surface area contributed by atoms with Crippen LogP contribution in [-0.2, 0) is 4.74 Å². The Labute approximate surface area is 92.2 Å². The second kappa shape index (κ2) is 4.39. The van der Waals surface area contributed by atoms with E-state index in [1.165, 1.54) is 0 Å². The van der Waals surface area contributed by atoms with Gasteiger partial charge in [0.15, 0.2) is 0 Å². The van der Waals surface area contributed by atoms with E-state index in [1.54, 1.807) is 4.90 Å². The molecule has 1 atom stereocenters. The minimum atomic E-state index is -0.396. The first-order valence-corrected chi connectivity index (χ1v) is 5.44. The Morgan fingerprint density at radius 2 is 2.00 bits per heavy atom. The number of rotatable bonds is 1. The summed E-state index contributed by atoms with van der Waals surface area (Å²) < 4.78 is 5.32. The van der Waals surface area contributed by atoms with Crippen LogP contribution in [0.4, 0.5) is 4.79 Å². The van der Waals surface area contributed by atoms with Crippen molar-refractivity contribution in [3.63, 3.8) is 0 Å². The summed E-state index contributed by atoms with van der Waals surface area (Å²) >= 11 is 0. The summed E-state index contributed by atoms with van der Waals surface area (Å²) in [5.41, 5.74) is -0.396. The van der Waals surface area contributed by atoms with Crippen LogP contribution in [0.3, 0.4) is 0 Å². The van der Waals surface area contributed by atoms with Gasteiger partial charge >= 0.3 is 6.09 Å². The van der Waals surface area contributed by atoms with Gasteiger partial charge in [-0.2, -0.15) is 0 Å². The van der Waals surface area contributed by atoms with Gasteiger partial charge in [0.05, 0.1) is 0 Å². The molecule has 0 aromatic rings. The van der Waals surface area contributed by atoms with Crippen LogP contribution < -0.4 is 0 Å². The lowest BCUT2D eigenvalue weighted by molar-refractivity contribution is 0.0285. The van der Waals surface area contributed by atoms with Crippen LogP contribution >= 0.6 is 0 Å². The first-order chi connectivity index (χ1) is 6.79. The number of amides is 1.